The second-order valence-corrected chi connectivity index (χ2v) is 10.8. The molecular formula is C31H50O8. The maximum atomic E-state index is 12.5. The minimum Gasteiger partial charge on any atom is -0.462 e. The fourth-order valence-electron chi connectivity index (χ4n) is 4.13. The lowest BCUT2D eigenvalue weighted by Crippen LogP contribution is -2.33. The number of carbonyl (C=O) groups excluding carboxylic acids is 1. The van der Waals surface area contributed by atoms with Gasteiger partial charge in [-0.1, -0.05) is 74.6 Å². The van der Waals surface area contributed by atoms with Gasteiger partial charge in [-0.15, -0.1) is 0 Å². The Morgan fingerprint density at radius 3 is 1.72 bits per heavy atom. The molecule has 0 aromatic carbocycles. The SMILES string of the molecule is CC1C=CC=CC=CC=CC=CC(O)C(C)C(O)CC(O)CC(O)CCCC(O)CC(O)C(C)C(=O)OC1C. The summed E-state index contributed by atoms with van der Waals surface area (Å²) in [6.07, 6.45) is 13.2. The van der Waals surface area contributed by atoms with Crippen molar-refractivity contribution in [3.8, 4) is 0 Å². The Balaban J connectivity index is 2.89. The lowest BCUT2D eigenvalue weighted by atomic mass is 9.91. The van der Waals surface area contributed by atoms with Gasteiger partial charge in [-0.25, -0.2) is 0 Å². The zero-order valence-electron chi connectivity index (χ0n) is 23.8. The Kier molecular flexibility index (Phi) is 17.1. The summed E-state index contributed by atoms with van der Waals surface area (Å²) in [4.78, 5) is 12.5. The quantitative estimate of drug-likeness (QED) is 0.252. The molecule has 10 unspecified atom stereocenters. The van der Waals surface area contributed by atoms with Crippen molar-refractivity contribution in [3.63, 3.8) is 0 Å². The molecule has 10 atom stereocenters. The largest absolute Gasteiger partial charge is 0.462 e. The Hall–Kier alpha value is -2.07. The van der Waals surface area contributed by atoms with Crippen LogP contribution in [0.1, 0.15) is 66.2 Å². The van der Waals surface area contributed by atoms with Crippen LogP contribution >= 0.6 is 0 Å². The minimum absolute atomic E-state index is 0.00712. The van der Waals surface area contributed by atoms with Crippen molar-refractivity contribution >= 4 is 5.97 Å². The van der Waals surface area contributed by atoms with Crippen LogP contribution in [0.2, 0.25) is 0 Å². The van der Waals surface area contributed by atoms with Gasteiger partial charge in [-0.2, -0.15) is 0 Å². The van der Waals surface area contributed by atoms with Gasteiger partial charge in [0.2, 0.25) is 0 Å². The van der Waals surface area contributed by atoms with Gasteiger partial charge in [0.25, 0.3) is 0 Å². The number of rotatable bonds is 0. The van der Waals surface area contributed by atoms with Gasteiger partial charge in [0.15, 0.2) is 0 Å². The summed E-state index contributed by atoms with van der Waals surface area (Å²) >= 11 is 0. The molecule has 222 valence electrons. The van der Waals surface area contributed by atoms with Crippen LogP contribution in [-0.4, -0.2) is 79.3 Å². The molecule has 0 aliphatic carbocycles. The molecule has 1 aliphatic heterocycles. The minimum atomic E-state index is -1.07. The number of esters is 1. The van der Waals surface area contributed by atoms with E-state index in [1.165, 1.54) is 0 Å². The predicted molar refractivity (Wildman–Crippen MR) is 152 cm³/mol. The topological polar surface area (TPSA) is 148 Å². The zero-order chi connectivity index (χ0) is 29.4. The smallest absolute Gasteiger partial charge is 0.311 e. The van der Waals surface area contributed by atoms with E-state index in [1.807, 2.05) is 43.4 Å². The molecule has 0 fully saturated rings. The molecule has 0 amide bonds. The van der Waals surface area contributed by atoms with Gasteiger partial charge in [-0.05, 0) is 46.0 Å². The van der Waals surface area contributed by atoms with Crippen LogP contribution in [0.5, 0.6) is 0 Å². The van der Waals surface area contributed by atoms with Gasteiger partial charge in [-0.3, -0.25) is 4.79 Å². The van der Waals surface area contributed by atoms with Gasteiger partial charge in [0.05, 0.1) is 42.5 Å². The first-order chi connectivity index (χ1) is 18.4. The number of hydrogen-bond donors (Lipinski definition) is 6. The van der Waals surface area contributed by atoms with E-state index < -0.39 is 60.5 Å². The maximum Gasteiger partial charge on any atom is 0.311 e. The first kappa shape index (κ1) is 35.0. The molecule has 39 heavy (non-hydrogen) atoms. The number of allylic oxidation sites excluding steroid dienone is 8. The highest BCUT2D eigenvalue weighted by atomic mass is 16.5. The van der Waals surface area contributed by atoms with Crippen molar-refractivity contribution in [2.45, 2.75) is 109 Å². The van der Waals surface area contributed by atoms with Crippen molar-refractivity contribution in [1.82, 2.24) is 0 Å². The molecule has 0 spiro atoms. The van der Waals surface area contributed by atoms with Crippen LogP contribution in [0.3, 0.4) is 0 Å². The van der Waals surface area contributed by atoms with Crippen molar-refractivity contribution in [3.05, 3.63) is 60.8 Å². The standard InChI is InChI=1S/C31H50O8/c1-21-14-11-9-7-5-6-8-10-12-17-28(35)22(2)29(36)20-27(34)18-25(32)15-13-16-26(33)19-30(37)23(3)31(38)39-24(21)4/h5-12,14,17,21-30,32-37H,13,15-16,18-20H2,1-4H3. The average Bonchev–Trinajstić information content (AvgIpc) is 2.87. The van der Waals surface area contributed by atoms with Crippen molar-refractivity contribution in [2.75, 3.05) is 0 Å². The number of aliphatic hydroxyl groups excluding tert-OH is 6. The molecule has 0 saturated heterocycles. The molecule has 0 bridgehead atoms. The molecule has 0 aromatic heterocycles. The molecule has 0 radical (unpaired) electrons. The lowest BCUT2D eigenvalue weighted by molar-refractivity contribution is -0.158. The number of aliphatic hydroxyl groups is 6. The third-order valence-corrected chi connectivity index (χ3v) is 7.28. The van der Waals surface area contributed by atoms with E-state index in [4.69, 9.17) is 4.74 Å². The lowest BCUT2D eigenvalue weighted by Gasteiger charge is -2.25. The number of ether oxygens (including phenoxy) is 1. The summed E-state index contributed by atoms with van der Waals surface area (Å²) in [7, 11) is 0. The Morgan fingerprint density at radius 1 is 0.641 bits per heavy atom. The molecule has 0 aromatic rings. The average molecular weight is 551 g/mol. The predicted octanol–water partition coefficient (Wildman–Crippen LogP) is 3.13. The Morgan fingerprint density at radius 2 is 1.13 bits per heavy atom. The zero-order valence-corrected chi connectivity index (χ0v) is 23.8. The molecule has 1 aliphatic rings. The van der Waals surface area contributed by atoms with Gasteiger partial charge >= 0.3 is 5.97 Å². The fourth-order valence-corrected chi connectivity index (χ4v) is 4.13. The molecule has 8 nitrogen and oxygen atoms in total. The van der Waals surface area contributed by atoms with Gasteiger partial charge < -0.3 is 35.4 Å². The first-order valence-corrected chi connectivity index (χ1v) is 14.1. The van der Waals surface area contributed by atoms with Gasteiger partial charge in [0.1, 0.15) is 6.10 Å². The third kappa shape index (κ3) is 14.8. The second-order valence-electron chi connectivity index (χ2n) is 10.8. The molecule has 6 N–H and O–H groups in total. The monoisotopic (exact) mass is 550 g/mol. The summed E-state index contributed by atoms with van der Waals surface area (Å²) in [5.74, 6) is -1.88. The van der Waals surface area contributed by atoms with Crippen LogP contribution in [-0.2, 0) is 9.53 Å². The van der Waals surface area contributed by atoms with E-state index in [1.54, 1.807) is 45.1 Å². The van der Waals surface area contributed by atoms with Crippen LogP contribution in [0.25, 0.3) is 0 Å². The summed E-state index contributed by atoms with van der Waals surface area (Å²) in [5.41, 5.74) is 0. The summed E-state index contributed by atoms with van der Waals surface area (Å²) < 4.78 is 5.53. The third-order valence-electron chi connectivity index (χ3n) is 7.28. The Labute approximate surface area is 233 Å². The van der Waals surface area contributed by atoms with E-state index >= 15 is 0 Å². The summed E-state index contributed by atoms with van der Waals surface area (Å²) in [6, 6.07) is 0. The normalized spacial score (nSPS) is 37.6. The van der Waals surface area contributed by atoms with E-state index in [9.17, 15) is 35.4 Å². The number of hydrogen-bond acceptors (Lipinski definition) is 8. The summed E-state index contributed by atoms with van der Waals surface area (Å²) in [6.45, 7) is 6.99. The first-order valence-electron chi connectivity index (χ1n) is 14.1. The van der Waals surface area contributed by atoms with E-state index in [2.05, 4.69) is 0 Å². The molecule has 1 rings (SSSR count). The second kappa shape index (κ2) is 19.1. The van der Waals surface area contributed by atoms with Gasteiger partial charge in [0, 0.05) is 18.3 Å². The molecular weight excluding hydrogens is 500 g/mol. The Bertz CT molecular complexity index is 832. The van der Waals surface area contributed by atoms with E-state index in [0.717, 1.165) is 0 Å². The van der Waals surface area contributed by atoms with Crippen LogP contribution < -0.4 is 0 Å². The van der Waals surface area contributed by atoms with Crippen LogP contribution in [0, 0.1) is 17.8 Å². The highest BCUT2D eigenvalue weighted by Gasteiger charge is 2.28. The number of cyclic esters (lactones) is 1. The van der Waals surface area contributed by atoms with Crippen molar-refractivity contribution in [1.29, 1.82) is 0 Å². The van der Waals surface area contributed by atoms with E-state index in [0.29, 0.717) is 19.3 Å². The van der Waals surface area contributed by atoms with Crippen molar-refractivity contribution < 1.29 is 40.2 Å². The summed E-state index contributed by atoms with van der Waals surface area (Å²) in [5, 5.41) is 62.1. The van der Waals surface area contributed by atoms with E-state index in [-0.39, 0.29) is 25.2 Å². The van der Waals surface area contributed by atoms with Crippen LogP contribution in [0.4, 0.5) is 0 Å². The molecule has 8 heteroatoms. The highest BCUT2D eigenvalue weighted by Crippen LogP contribution is 2.20. The fraction of sp³-hybridized carbons (Fsp3) is 0.645. The highest BCUT2D eigenvalue weighted by molar-refractivity contribution is 5.72. The molecule has 1 heterocycles. The van der Waals surface area contributed by atoms with Crippen molar-refractivity contribution in [2.24, 2.45) is 17.8 Å². The number of carbonyl (C=O) groups is 1. The van der Waals surface area contributed by atoms with Crippen LogP contribution in [0.15, 0.2) is 60.8 Å². The maximum absolute atomic E-state index is 12.5. The molecule has 0 saturated carbocycles.